The summed E-state index contributed by atoms with van der Waals surface area (Å²) in [6.07, 6.45) is 0. The first-order valence-corrected chi connectivity index (χ1v) is 8.38. The minimum Gasteiger partial charge on any atom is -0.360 e. The number of nitrogens with one attached hydrogen (secondary N) is 2. The molecule has 122 valence electrons. The van der Waals surface area contributed by atoms with Gasteiger partial charge in [-0.3, -0.25) is 9.59 Å². The molecule has 2 amide bonds. The van der Waals surface area contributed by atoms with Gasteiger partial charge < -0.3 is 20.1 Å². The molecule has 1 fully saturated rings. The smallest absolute Gasteiger partial charge is 0.238 e. The predicted octanol–water partition coefficient (Wildman–Crippen LogP) is 0.864. The van der Waals surface area contributed by atoms with E-state index in [0.717, 1.165) is 19.6 Å². The monoisotopic (exact) mass is 326 g/mol. The van der Waals surface area contributed by atoms with E-state index in [0.29, 0.717) is 17.3 Å². The molecular weight excluding hydrogens is 304 g/mol. The summed E-state index contributed by atoms with van der Waals surface area (Å²) in [6.45, 7) is 7.92. The van der Waals surface area contributed by atoms with Gasteiger partial charge in [-0.2, -0.15) is 0 Å². The zero-order valence-electron chi connectivity index (χ0n) is 13.1. The Morgan fingerprint density at radius 2 is 2.41 bits per heavy atom. The molecule has 2 heterocycles. The third-order valence-corrected chi connectivity index (χ3v) is 4.65. The van der Waals surface area contributed by atoms with Crippen LogP contribution in [0.2, 0.25) is 0 Å². The molecule has 0 aromatic carbocycles. The van der Waals surface area contributed by atoms with Crippen LogP contribution in [0.4, 0.5) is 5.82 Å². The molecule has 2 atom stereocenters. The lowest BCUT2D eigenvalue weighted by atomic mass is 10.2. The van der Waals surface area contributed by atoms with E-state index in [1.807, 2.05) is 11.8 Å². The number of thioether (sulfide) groups is 1. The van der Waals surface area contributed by atoms with Gasteiger partial charge in [0.2, 0.25) is 11.8 Å². The van der Waals surface area contributed by atoms with Crippen molar-refractivity contribution in [2.45, 2.75) is 32.1 Å². The summed E-state index contributed by atoms with van der Waals surface area (Å²) in [7, 11) is 0. The van der Waals surface area contributed by atoms with Crippen LogP contribution in [0.3, 0.4) is 0 Å². The SMILES string of the molecule is Cc1cc(NC(=O)C(C)SCC(=O)N2CCNC[C@@H]2C)no1. The Morgan fingerprint density at radius 3 is 3.05 bits per heavy atom. The number of aromatic nitrogens is 1. The molecule has 0 radical (unpaired) electrons. The summed E-state index contributed by atoms with van der Waals surface area (Å²) in [5, 5.41) is 9.31. The van der Waals surface area contributed by atoms with Crippen molar-refractivity contribution in [2.75, 3.05) is 30.7 Å². The number of amides is 2. The van der Waals surface area contributed by atoms with Gasteiger partial charge in [-0.25, -0.2) is 0 Å². The highest BCUT2D eigenvalue weighted by molar-refractivity contribution is 8.01. The minimum absolute atomic E-state index is 0.0796. The molecule has 1 unspecified atom stereocenters. The van der Waals surface area contributed by atoms with Crippen LogP contribution in [0.1, 0.15) is 19.6 Å². The second-order valence-electron chi connectivity index (χ2n) is 5.41. The lowest BCUT2D eigenvalue weighted by Gasteiger charge is -2.34. The van der Waals surface area contributed by atoms with E-state index in [4.69, 9.17) is 4.52 Å². The summed E-state index contributed by atoms with van der Waals surface area (Å²) in [6, 6.07) is 1.85. The molecule has 0 spiro atoms. The number of hydrogen-bond donors (Lipinski definition) is 2. The molecule has 1 aliphatic heterocycles. The topological polar surface area (TPSA) is 87.5 Å². The van der Waals surface area contributed by atoms with Gasteiger partial charge in [-0.1, -0.05) is 5.16 Å². The Balaban J connectivity index is 1.77. The Labute approximate surface area is 134 Å². The van der Waals surface area contributed by atoms with E-state index in [1.54, 1.807) is 19.9 Å². The van der Waals surface area contributed by atoms with Crippen molar-refractivity contribution < 1.29 is 14.1 Å². The van der Waals surface area contributed by atoms with Gasteiger partial charge in [0.25, 0.3) is 0 Å². The molecule has 1 aromatic rings. The van der Waals surface area contributed by atoms with Gasteiger partial charge in [0.15, 0.2) is 5.82 Å². The molecule has 0 aliphatic carbocycles. The number of piperazine rings is 1. The molecule has 2 rings (SSSR count). The van der Waals surface area contributed by atoms with E-state index in [2.05, 4.69) is 15.8 Å². The summed E-state index contributed by atoms with van der Waals surface area (Å²) in [5.74, 6) is 1.24. The molecular formula is C14H22N4O3S. The molecule has 0 saturated carbocycles. The Morgan fingerprint density at radius 1 is 1.64 bits per heavy atom. The van der Waals surface area contributed by atoms with Gasteiger partial charge in [0.1, 0.15) is 5.76 Å². The number of rotatable bonds is 5. The van der Waals surface area contributed by atoms with Gasteiger partial charge in [-0.15, -0.1) is 11.8 Å². The van der Waals surface area contributed by atoms with Crippen LogP contribution in [-0.4, -0.2) is 58.5 Å². The molecule has 7 nitrogen and oxygen atoms in total. The van der Waals surface area contributed by atoms with Crippen LogP contribution in [0.5, 0.6) is 0 Å². The fourth-order valence-electron chi connectivity index (χ4n) is 2.22. The summed E-state index contributed by atoms with van der Waals surface area (Å²) in [4.78, 5) is 26.1. The van der Waals surface area contributed by atoms with Crippen molar-refractivity contribution in [1.82, 2.24) is 15.4 Å². The molecule has 1 saturated heterocycles. The highest BCUT2D eigenvalue weighted by Gasteiger charge is 2.24. The molecule has 2 N–H and O–H groups in total. The fourth-order valence-corrected chi connectivity index (χ4v) is 2.99. The third kappa shape index (κ3) is 4.48. The van der Waals surface area contributed by atoms with E-state index in [1.165, 1.54) is 11.8 Å². The van der Waals surface area contributed by atoms with Crippen LogP contribution in [0.25, 0.3) is 0 Å². The van der Waals surface area contributed by atoms with E-state index in [9.17, 15) is 9.59 Å². The van der Waals surface area contributed by atoms with Crippen LogP contribution in [-0.2, 0) is 9.59 Å². The Kier molecular flexibility index (Phi) is 5.84. The fraction of sp³-hybridized carbons (Fsp3) is 0.643. The van der Waals surface area contributed by atoms with Crippen molar-refractivity contribution in [3.05, 3.63) is 11.8 Å². The zero-order chi connectivity index (χ0) is 16.1. The van der Waals surface area contributed by atoms with E-state index >= 15 is 0 Å². The van der Waals surface area contributed by atoms with Gasteiger partial charge >= 0.3 is 0 Å². The third-order valence-electron chi connectivity index (χ3n) is 3.53. The normalized spacial score (nSPS) is 19.8. The number of hydrogen-bond acceptors (Lipinski definition) is 6. The Hall–Kier alpha value is -1.54. The van der Waals surface area contributed by atoms with E-state index < -0.39 is 0 Å². The van der Waals surface area contributed by atoms with Crippen molar-refractivity contribution in [3.63, 3.8) is 0 Å². The largest absolute Gasteiger partial charge is 0.360 e. The van der Waals surface area contributed by atoms with Gasteiger partial charge in [0.05, 0.1) is 11.0 Å². The summed E-state index contributed by atoms with van der Waals surface area (Å²) >= 11 is 1.33. The number of carbonyl (C=O) groups is 2. The molecule has 1 aromatic heterocycles. The highest BCUT2D eigenvalue weighted by Crippen LogP contribution is 2.16. The van der Waals surface area contributed by atoms with Crippen molar-refractivity contribution in [1.29, 1.82) is 0 Å². The second kappa shape index (κ2) is 7.64. The van der Waals surface area contributed by atoms with E-state index in [-0.39, 0.29) is 23.1 Å². The lowest BCUT2D eigenvalue weighted by Crippen LogP contribution is -2.52. The van der Waals surface area contributed by atoms with Crippen LogP contribution in [0.15, 0.2) is 10.6 Å². The summed E-state index contributed by atoms with van der Waals surface area (Å²) < 4.78 is 4.90. The maximum atomic E-state index is 12.2. The Bertz CT molecular complexity index is 534. The van der Waals surface area contributed by atoms with Crippen LogP contribution >= 0.6 is 11.8 Å². The molecule has 22 heavy (non-hydrogen) atoms. The van der Waals surface area contributed by atoms with Crippen molar-refractivity contribution >= 4 is 29.4 Å². The van der Waals surface area contributed by atoms with Gasteiger partial charge in [-0.05, 0) is 20.8 Å². The highest BCUT2D eigenvalue weighted by atomic mass is 32.2. The predicted molar refractivity (Wildman–Crippen MR) is 85.8 cm³/mol. The lowest BCUT2D eigenvalue weighted by molar-refractivity contribution is -0.131. The quantitative estimate of drug-likeness (QED) is 0.835. The zero-order valence-corrected chi connectivity index (χ0v) is 13.9. The van der Waals surface area contributed by atoms with Gasteiger partial charge in [0, 0.05) is 31.7 Å². The number of nitrogens with zero attached hydrogens (tertiary/aromatic N) is 2. The van der Waals surface area contributed by atoms with Crippen molar-refractivity contribution in [3.8, 4) is 0 Å². The standard InChI is InChI=1S/C14H22N4O3S/c1-9-7-15-4-5-18(9)13(19)8-22-11(3)14(20)16-12-6-10(2)21-17-12/h6,9,11,15H,4-5,7-8H2,1-3H3,(H,16,17,20)/t9-,11?/m0/s1. The first kappa shape index (κ1) is 16.8. The minimum atomic E-state index is -0.334. The molecule has 8 heteroatoms. The van der Waals surface area contributed by atoms with Crippen molar-refractivity contribution in [2.24, 2.45) is 0 Å². The maximum absolute atomic E-state index is 12.2. The average Bonchev–Trinajstić information content (AvgIpc) is 2.90. The van der Waals surface area contributed by atoms with Crippen LogP contribution < -0.4 is 10.6 Å². The second-order valence-corrected chi connectivity index (χ2v) is 6.73. The number of aryl methyl sites for hydroxylation is 1. The molecule has 0 bridgehead atoms. The number of anilines is 1. The maximum Gasteiger partial charge on any atom is 0.238 e. The number of carbonyl (C=O) groups excluding carboxylic acids is 2. The first-order valence-electron chi connectivity index (χ1n) is 7.33. The summed E-state index contributed by atoms with van der Waals surface area (Å²) in [5.41, 5.74) is 0. The average molecular weight is 326 g/mol. The van der Waals surface area contributed by atoms with Crippen LogP contribution in [0, 0.1) is 6.92 Å². The first-order chi connectivity index (χ1) is 10.5. The molecule has 1 aliphatic rings.